The third-order valence-electron chi connectivity index (χ3n) is 1.32. The Morgan fingerprint density at radius 3 is 2.64 bits per heavy atom. The molecule has 2 amide bonds. The van der Waals surface area contributed by atoms with Crippen molar-refractivity contribution in [2.75, 3.05) is 0 Å². The number of rotatable bonds is 0. The minimum absolute atomic E-state index is 0.370. The summed E-state index contributed by atoms with van der Waals surface area (Å²) in [4.78, 5) is 22.2. The smallest absolute Gasteiger partial charge is 0.265 e. The van der Waals surface area contributed by atoms with Crippen molar-refractivity contribution in [1.29, 1.82) is 0 Å². The van der Waals surface area contributed by atoms with Gasteiger partial charge in [0.1, 0.15) is 4.88 Å². The van der Waals surface area contributed by atoms with Crippen LogP contribution in [0, 0.1) is 0 Å². The molecule has 0 radical (unpaired) electrons. The quantitative estimate of drug-likeness (QED) is 0.586. The summed E-state index contributed by atoms with van der Waals surface area (Å²) in [6.07, 6.45) is 0. The molecule has 0 fully saturated rings. The van der Waals surface area contributed by atoms with Crippen molar-refractivity contribution < 1.29 is 9.59 Å². The minimum Gasteiger partial charge on any atom is -0.265 e. The van der Waals surface area contributed by atoms with Crippen LogP contribution in [0.2, 0.25) is 0 Å². The molecular weight excluding hydrogens is 164 g/mol. The van der Waals surface area contributed by atoms with Crippen LogP contribution < -0.4 is 0 Å². The lowest BCUT2D eigenvalue weighted by molar-refractivity contribution is 0.0924. The SMILES string of the molecule is O=C1N=NC(=O)c2sccc21. The molecule has 1 aromatic rings. The molecule has 0 aliphatic carbocycles. The number of nitrogens with zero attached hydrogens (tertiary/aromatic N) is 2. The Kier molecular flexibility index (Phi) is 1.19. The van der Waals surface area contributed by atoms with Gasteiger partial charge in [-0.15, -0.1) is 21.6 Å². The molecule has 0 atom stereocenters. The molecular formula is C6H2N2O2S. The number of carbonyl (C=O) groups excluding carboxylic acids is 2. The highest BCUT2D eigenvalue weighted by Gasteiger charge is 2.22. The molecule has 2 heterocycles. The lowest BCUT2D eigenvalue weighted by Crippen LogP contribution is -2.06. The molecule has 0 spiro atoms. The second kappa shape index (κ2) is 2.06. The van der Waals surface area contributed by atoms with Crippen molar-refractivity contribution in [3.8, 4) is 0 Å². The van der Waals surface area contributed by atoms with Gasteiger partial charge in [0.2, 0.25) is 0 Å². The van der Waals surface area contributed by atoms with Crippen LogP contribution in [0.3, 0.4) is 0 Å². The standard InChI is InChI=1S/C6H2N2O2S/c9-5-3-1-2-11-4(3)6(10)8-7-5/h1-2H. The fourth-order valence-corrected chi connectivity index (χ4v) is 1.60. The van der Waals surface area contributed by atoms with E-state index >= 15 is 0 Å². The molecule has 54 valence electrons. The largest absolute Gasteiger partial charge is 0.306 e. The van der Waals surface area contributed by atoms with Crippen LogP contribution in [0.5, 0.6) is 0 Å². The van der Waals surface area contributed by atoms with Crippen LogP contribution in [-0.4, -0.2) is 11.8 Å². The van der Waals surface area contributed by atoms with E-state index in [2.05, 4.69) is 10.2 Å². The van der Waals surface area contributed by atoms with Crippen molar-refractivity contribution in [1.82, 2.24) is 0 Å². The third kappa shape index (κ3) is 0.813. The third-order valence-corrected chi connectivity index (χ3v) is 2.22. The monoisotopic (exact) mass is 166 g/mol. The van der Waals surface area contributed by atoms with Crippen molar-refractivity contribution in [2.45, 2.75) is 0 Å². The van der Waals surface area contributed by atoms with Gasteiger partial charge in [-0.2, -0.15) is 0 Å². The Labute approximate surface area is 65.6 Å². The first-order valence-corrected chi connectivity index (χ1v) is 3.75. The second-order valence-electron chi connectivity index (χ2n) is 1.97. The van der Waals surface area contributed by atoms with Gasteiger partial charge in [0, 0.05) is 0 Å². The second-order valence-corrected chi connectivity index (χ2v) is 2.89. The van der Waals surface area contributed by atoms with Gasteiger partial charge < -0.3 is 0 Å². The van der Waals surface area contributed by atoms with E-state index in [-0.39, 0.29) is 0 Å². The molecule has 5 heteroatoms. The van der Waals surface area contributed by atoms with Gasteiger partial charge in [-0.05, 0) is 11.4 Å². The van der Waals surface area contributed by atoms with Gasteiger partial charge >= 0.3 is 5.91 Å². The summed E-state index contributed by atoms with van der Waals surface area (Å²) in [5.74, 6) is -0.851. The van der Waals surface area contributed by atoms with E-state index in [0.717, 1.165) is 0 Å². The number of hydrogen-bond acceptors (Lipinski definition) is 3. The maximum absolute atomic E-state index is 10.9. The van der Waals surface area contributed by atoms with Crippen LogP contribution >= 0.6 is 11.3 Å². The van der Waals surface area contributed by atoms with Gasteiger partial charge in [-0.1, -0.05) is 0 Å². The molecule has 0 N–H and O–H groups in total. The lowest BCUT2D eigenvalue weighted by atomic mass is 10.2. The van der Waals surface area contributed by atoms with E-state index in [9.17, 15) is 9.59 Å². The minimum atomic E-state index is -0.430. The Morgan fingerprint density at radius 2 is 1.91 bits per heavy atom. The molecule has 1 aromatic heterocycles. The summed E-state index contributed by atoms with van der Waals surface area (Å²) < 4.78 is 0. The zero-order valence-corrected chi connectivity index (χ0v) is 6.09. The maximum atomic E-state index is 10.9. The molecule has 0 bridgehead atoms. The summed E-state index contributed by atoms with van der Waals surface area (Å²) in [6, 6.07) is 1.58. The highest BCUT2D eigenvalue weighted by molar-refractivity contribution is 7.12. The predicted octanol–water partition coefficient (Wildman–Crippen LogP) is 1.49. The van der Waals surface area contributed by atoms with Crippen LogP contribution in [0.25, 0.3) is 0 Å². The fourth-order valence-electron chi connectivity index (χ4n) is 0.833. The maximum Gasteiger partial charge on any atom is 0.306 e. The molecule has 2 rings (SSSR count). The van der Waals surface area contributed by atoms with E-state index in [1.54, 1.807) is 11.4 Å². The highest BCUT2D eigenvalue weighted by atomic mass is 32.1. The summed E-state index contributed by atoms with van der Waals surface area (Å²) in [5, 5.41) is 8.02. The fraction of sp³-hybridized carbons (Fsp3) is 0. The molecule has 0 saturated carbocycles. The number of amides is 2. The van der Waals surface area contributed by atoms with Crippen molar-refractivity contribution in [2.24, 2.45) is 10.2 Å². The highest BCUT2D eigenvalue weighted by Crippen LogP contribution is 2.22. The summed E-state index contributed by atoms with van der Waals surface area (Å²) >= 11 is 1.21. The number of fused-ring (bicyclic) bond motifs is 1. The van der Waals surface area contributed by atoms with Crippen LogP contribution in [0.15, 0.2) is 21.7 Å². The topological polar surface area (TPSA) is 58.9 Å². The van der Waals surface area contributed by atoms with E-state index in [0.29, 0.717) is 10.4 Å². The van der Waals surface area contributed by atoms with Gasteiger partial charge in [-0.3, -0.25) is 9.59 Å². The predicted molar refractivity (Wildman–Crippen MR) is 37.8 cm³/mol. The zero-order valence-electron chi connectivity index (χ0n) is 5.27. The molecule has 0 aromatic carbocycles. The Morgan fingerprint density at radius 1 is 1.18 bits per heavy atom. The van der Waals surface area contributed by atoms with Crippen molar-refractivity contribution in [3.63, 3.8) is 0 Å². The number of carbonyl (C=O) groups is 2. The first kappa shape index (κ1) is 6.36. The van der Waals surface area contributed by atoms with Crippen LogP contribution in [0.4, 0.5) is 0 Å². The van der Waals surface area contributed by atoms with E-state index in [1.165, 1.54) is 11.3 Å². The summed E-state index contributed by atoms with van der Waals surface area (Å²) in [6.45, 7) is 0. The molecule has 11 heavy (non-hydrogen) atoms. The summed E-state index contributed by atoms with van der Waals surface area (Å²) in [5.41, 5.74) is 0.370. The normalized spacial score (nSPS) is 15.3. The molecule has 1 aliphatic rings. The average molecular weight is 166 g/mol. The van der Waals surface area contributed by atoms with Gasteiger partial charge in [0.25, 0.3) is 5.91 Å². The first-order valence-electron chi connectivity index (χ1n) is 2.87. The Bertz CT molecular complexity index is 334. The van der Waals surface area contributed by atoms with E-state index < -0.39 is 11.8 Å². The number of thiophene rings is 1. The van der Waals surface area contributed by atoms with Crippen LogP contribution in [0.1, 0.15) is 20.0 Å². The number of azo groups is 1. The van der Waals surface area contributed by atoms with Crippen LogP contribution in [-0.2, 0) is 0 Å². The van der Waals surface area contributed by atoms with E-state index in [4.69, 9.17) is 0 Å². The molecule has 1 aliphatic heterocycles. The zero-order chi connectivity index (χ0) is 7.84. The van der Waals surface area contributed by atoms with Gasteiger partial charge in [0.05, 0.1) is 5.56 Å². The van der Waals surface area contributed by atoms with Gasteiger partial charge in [0.15, 0.2) is 0 Å². The summed E-state index contributed by atoms with van der Waals surface area (Å²) in [7, 11) is 0. The Hall–Kier alpha value is -1.36. The van der Waals surface area contributed by atoms with Crippen molar-refractivity contribution in [3.05, 3.63) is 21.9 Å². The molecule has 4 nitrogen and oxygen atoms in total. The van der Waals surface area contributed by atoms with Gasteiger partial charge in [-0.25, -0.2) is 0 Å². The average Bonchev–Trinajstić information content (AvgIpc) is 2.45. The Balaban J connectivity index is 2.68. The lowest BCUT2D eigenvalue weighted by Gasteiger charge is -1.97. The molecule has 0 saturated heterocycles. The van der Waals surface area contributed by atoms with E-state index in [1.807, 2.05) is 0 Å². The first-order chi connectivity index (χ1) is 5.29. The number of hydrogen-bond donors (Lipinski definition) is 0. The molecule has 0 unspecified atom stereocenters. The van der Waals surface area contributed by atoms with Crippen molar-refractivity contribution >= 4 is 23.2 Å².